The van der Waals surface area contributed by atoms with E-state index in [1.807, 2.05) is 11.8 Å². The van der Waals surface area contributed by atoms with E-state index in [2.05, 4.69) is 5.10 Å². The summed E-state index contributed by atoms with van der Waals surface area (Å²) in [7, 11) is 0. The summed E-state index contributed by atoms with van der Waals surface area (Å²) >= 11 is 0. The maximum absolute atomic E-state index is 12.8. The van der Waals surface area contributed by atoms with Crippen molar-refractivity contribution in [1.82, 2.24) is 14.7 Å². The van der Waals surface area contributed by atoms with E-state index in [0.29, 0.717) is 18.6 Å². The first-order valence-electron chi connectivity index (χ1n) is 9.08. The molecule has 1 amide bonds. The molecule has 4 rings (SSSR count). The van der Waals surface area contributed by atoms with Crippen LogP contribution in [0.15, 0.2) is 39.7 Å². The zero-order chi connectivity index (χ0) is 18.3. The zero-order valence-corrected chi connectivity index (χ0v) is 14.8. The number of aliphatic hydroxyl groups is 1. The minimum absolute atomic E-state index is 0.0504. The third-order valence-electron chi connectivity index (χ3n) is 5.50. The SMILES string of the molecule is Cc1ccc(=O)n(CC2(O)C[C@H]3CCC[C@@H](C2)N3C(=O)c2ccco2)n1. The van der Waals surface area contributed by atoms with Crippen molar-refractivity contribution < 1.29 is 14.3 Å². The molecule has 3 atom stereocenters. The number of amides is 1. The predicted octanol–water partition coefficient (Wildman–Crippen LogP) is 1.73. The monoisotopic (exact) mass is 357 g/mol. The highest BCUT2D eigenvalue weighted by atomic mass is 16.3. The molecule has 4 heterocycles. The molecule has 0 spiro atoms. The van der Waals surface area contributed by atoms with Crippen molar-refractivity contribution >= 4 is 5.91 Å². The lowest BCUT2D eigenvalue weighted by Crippen LogP contribution is -2.61. The van der Waals surface area contributed by atoms with Crippen LogP contribution < -0.4 is 5.56 Å². The lowest BCUT2D eigenvalue weighted by molar-refractivity contribution is -0.0894. The molecule has 26 heavy (non-hydrogen) atoms. The van der Waals surface area contributed by atoms with E-state index in [4.69, 9.17) is 4.42 Å². The molecular weight excluding hydrogens is 334 g/mol. The van der Waals surface area contributed by atoms with Gasteiger partial charge in [0, 0.05) is 18.2 Å². The Hall–Kier alpha value is -2.41. The number of rotatable bonds is 3. The Bertz CT molecular complexity index is 844. The Morgan fingerprint density at radius 3 is 2.69 bits per heavy atom. The molecular formula is C19H23N3O4. The molecule has 7 nitrogen and oxygen atoms in total. The number of piperidine rings is 2. The van der Waals surface area contributed by atoms with E-state index in [1.54, 1.807) is 18.2 Å². The minimum atomic E-state index is -1.04. The van der Waals surface area contributed by atoms with Gasteiger partial charge >= 0.3 is 0 Å². The third-order valence-corrected chi connectivity index (χ3v) is 5.50. The van der Waals surface area contributed by atoms with Gasteiger partial charge in [-0.3, -0.25) is 9.59 Å². The smallest absolute Gasteiger partial charge is 0.290 e. The topological polar surface area (TPSA) is 88.6 Å². The van der Waals surface area contributed by atoms with Crippen LogP contribution >= 0.6 is 0 Å². The number of hydrogen-bond donors (Lipinski definition) is 1. The zero-order valence-electron chi connectivity index (χ0n) is 14.8. The normalized spacial score (nSPS) is 28.2. The first-order valence-corrected chi connectivity index (χ1v) is 9.08. The average molecular weight is 357 g/mol. The van der Waals surface area contributed by atoms with E-state index in [9.17, 15) is 14.7 Å². The lowest BCUT2D eigenvalue weighted by Gasteiger charge is -2.51. The van der Waals surface area contributed by atoms with Gasteiger partial charge < -0.3 is 14.4 Å². The molecule has 1 unspecified atom stereocenters. The Morgan fingerprint density at radius 2 is 2.04 bits per heavy atom. The van der Waals surface area contributed by atoms with Gasteiger partial charge in [0.1, 0.15) is 0 Å². The van der Waals surface area contributed by atoms with Crippen LogP contribution in [-0.4, -0.2) is 43.4 Å². The summed E-state index contributed by atoms with van der Waals surface area (Å²) in [6, 6.07) is 6.43. The second kappa shape index (κ2) is 6.39. The number of aryl methyl sites for hydroxylation is 1. The fraction of sp³-hybridized carbons (Fsp3) is 0.526. The average Bonchev–Trinajstić information content (AvgIpc) is 3.11. The summed E-state index contributed by atoms with van der Waals surface area (Å²) in [5.74, 6) is 0.224. The van der Waals surface area contributed by atoms with Crippen molar-refractivity contribution in [3.8, 4) is 0 Å². The summed E-state index contributed by atoms with van der Waals surface area (Å²) in [5.41, 5.74) is -0.526. The van der Waals surface area contributed by atoms with Gasteiger partial charge in [-0.25, -0.2) is 4.68 Å². The fourth-order valence-corrected chi connectivity index (χ4v) is 4.46. The van der Waals surface area contributed by atoms with Crippen LogP contribution in [0.5, 0.6) is 0 Å². The molecule has 0 aliphatic carbocycles. The Labute approximate surface area is 151 Å². The molecule has 2 fully saturated rings. The number of fused-ring (bicyclic) bond motifs is 2. The quantitative estimate of drug-likeness (QED) is 0.904. The molecule has 2 aromatic heterocycles. The molecule has 2 aliphatic heterocycles. The fourth-order valence-electron chi connectivity index (χ4n) is 4.46. The van der Waals surface area contributed by atoms with Crippen LogP contribution in [0.2, 0.25) is 0 Å². The van der Waals surface area contributed by atoms with Crippen molar-refractivity contribution in [2.24, 2.45) is 0 Å². The van der Waals surface area contributed by atoms with E-state index in [-0.39, 0.29) is 30.1 Å². The molecule has 138 valence electrons. The summed E-state index contributed by atoms with van der Waals surface area (Å²) < 4.78 is 6.62. The van der Waals surface area contributed by atoms with Gasteiger partial charge in [0.05, 0.1) is 24.1 Å². The van der Waals surface area contributed by atoms with Crippen molar-refractivity contribution in [3.63, 3.8) is 0 Å². The predicted molar refractivity (Wildman–Crippen MR) is 93.7 cm³/mol. The van der Waals surface area contributed by atoms with Crippen LogP contribution in [0, 0.1) is 6.92 Å². The number of furan rings is 1. The largest absolute Gasteiger partial charge is 0.459 e. The molecule has 0 saturated carbocycles. The summed E-state index contributed by atoms with van der Waals surface area (Å²) in [5, 5.41) is 15.5. The van der Waals surface area contributed by atoms with Gasteiger partial charge in [0.2, 0.25) is 0 Å². The van der Waals surface area contributed by atoms with Crippen LogP contribution in [0.3, 0.4) is 0 Å². The highest BCUT2D eigenvalue weighted by Crippen LogP contribution is 2.40. The summed E-state index contributed by atoms with van der Waals surface area (Å²) in [6.45, 7) is 1.97. The van der Waals surface area contributed by atoms with Crippen LogP contribution in [-0.2, 0) is 6.54 Å². The first kappa shape index (κ1) is 17.0. The van der Waals surface area contributed by atoms with Crippen LogP contribution in [0.25, 0.3) is 0 Å². The number of aromatic nitrogens is 2. The molecule has 0 radical (unpaired) electrons. The van der Waals surface area contributed by atoms with Gasteiger partial charge in [-0.15, -0.1) is 0 Å². The number of carbonyl (C=O) groups is 1. The molecule has 2 bridgehead atoms. The second-order valence-electron chi connectivity index (χ2n) is 7.53. The van der Waals surface area contributed by atoms with Crippen LogP contribution in [0.4, 0.5) is 0 Å². The lowest BCUT2D eigenvalue weighted by atomic mass is 9.75. The van der Waals surface area contributed by atoms with Crippen molar-refractivity contribution in [1.29, 1.82) is 0 Å². The van der Waals surface area contributed by atoms with Gasteiger partial charge in [0.15, 0.2) is 5.76 Å². The van der Waals surface area contributed by atoms with Crippen molar-refractivity contribution in [2.75, 3.05) is 0 Å². The molecule has 7 heteroatoms. The highest BCUT2D eigenvalue weighted by Gasteiger charge is 2.48. The Morgan fingerprint density at radius 1 is 1.31 bits per heavy atom. The van der Waals surface area contributed by atoms with Crippen LogP contribution in [0.1, 0.15) is 48.4 Å². The highest BCUT2D eigenvalue weighted by molar-refractivity contribution is 5.92. The standard InChI is InChI=1S/C19H23N3O4/c1-13-7-8-17(23)21(20-13)12-19(25)10-14-4-2-5-15(11-19)22(14)18(24)16-6-3-9-26-16/h3,6-9,14-15,25H,2,4-5,10-12H2,1H3/t14-,15+,19?. The molecule has 2 saturated heterocycles. The van der Waals surface area contributed by atoms with Gasteiger partial charge in [0.25, 0.3) is 11.5 Å². The molecule has 2 aromatic rings. The Balaban J connectivity index is 1.58. The Kier molecular flexibility index (Phi) is 4.19. The molecule has 1 N–H and O–H groups in total. The van der Waals surface area contributed by atoms with Crippen molar-refractivity contribution in [2.45, 2.75) is 63.3 Å². The van der Waals surface area contributed by atoms with E-state index in [0.717, 1.165) is 25.0 Å². The van der Waals surface area contributed by atoms with Gasteiger partial charge in [-0.2, -0.15) is 5.10 Å². The first-order chi connectivity index (χ1) is 12.5. The minimum Gasteiger partial charge on any atom is -0.459 e. The van der Waals surface area contributed by atoms with E-state index in [1.165, 1.54) is 17.0 Å². The third kappa shape index (κ3) is 3.07. The molecule has 0 aromatic carbocycles. The van der Waals surface area contributed by atoms with E-state index < -0.39 is 5.60 Å². The maximum Gasteiger partial charge on any atom is 0.290 e. The van der Waals surface area contributed by atoms with E-state index >= 15 is 0 Å². The number of nitrogens with zero attached hydrogens (tertiary/aromatic N) is 3. The van der Waals surface area contributed by atoms with Gasteiger partial charge in [-0.1, -0.05) is 0 Å². The van der Waals surface area contributed by atoms with Crippen molar-refractivity contribution in [3.05, 3.63) is 52.3 Å². The van der Waals surface area contributed by atoms with Gasteiger partial charge in [-0.05, 0) is 57.2 Å². The summed E-state index contributed by atoms with van der Waals surface area (Å²) in [6.07, 6.45) is 5.12. The molecule has 2 aliphatic rings. The summed E-state index contributed by atoms with van der Waals surface area (Å²) in [4.78, 5) is 26.8. The number of carbonyl (C=O) groups excluding carboxylic acids is 1. The maximum atomic E-state index is 12.8. The number of hydrogen-bond acceptors (Lipinski definition) is 5. The second-order valence-corrected chi connectivity index (χ2v) is 7.53.